The van der Waals surface area contributed by atoms with Crippen LogP contribution in [0.2, 0.25) is 0 Å². The van der Waals surface area contributed by atoms with E-state index in [1.54, 1.807) is 0 Å². The van der Waals surface area contributed by atoms with E-state index in [1.807, 2.05) is 0 Å². The van der Waals surface area contributed by atoms with Gasteiger partial charge >= 0.3 is 12.1 Å². The molecule has 14 atom stereocenters. The van der Waals surface area contributed by atoms with Crippen molar-refractivity contribution in [2.75, 3.05) is 0 Å². The SMILES string of the molecule is C/C=C1\C=C(\c2ccc3[nH]c([C@@H]4C[C@@H]5CCCC6C(C)[C@H](NC(N)=O)C(=O)N4[C@@H]65)nc3c2)[C@H](C)CC[C@@H](C)/C=C\C(=C(/C)c2ccc3[nH]c([C@@H]4C[C@@H]5CCCC6C(C)[C@H](NC(N)=O)C(=O)N4[C@@H]65)nc3c2)CC1. The van der Waals surface area contributed by atoms with Crippen molar-refractivity contribution < 1.29 is 19.2 Å². The first-order valence-corrected chi connectivity index (χ1v) is 27.2. The van der Waals surface area contributed by atoms with Crippen LogP contribution >= 0.6 is 0 Å². The number of hydrogen-bond donors (Lipinski definition) is 6. The molecule has 4 saturated heterocycles. The van der Waals surface area contributed by atoms with E-state index in [-0.39, 0.29) is 47.8 Å². The Morgan fingerprint density at radius 3 is 1.83 bits per heavy atom. The minimum absolute atomic E-state index is 0.0299. The molecule has 380 valence electrons. The second-order valence-corrected chi connectivity index (χ2v) is 23.0. The van der Waals surface area contributed by atoms with Crippen molar-refractivity contribution in [3.8, 4) is 0 Å². The Balaban J connectivity index is 0.851. The van der Waals surface area contributed by atoms with Crippen LogP contribution in [0.5, 0.6) is 0 Å². The number of rotatable bonds is 6. The topological polar surface area (TPSA) is 208 Å². The van der Waals surface area contributed by atoms with E-state index in [2.05, 4.69) is 133 Å². The summed E-state index contributed by atoms with van der Waals surface area (Å²) in [5, 5.41) is 5.60. The number of fused-ring (bicyclic) bond motifs is 2. The monoisotopic (exact) mass is 975 g/mol. The number of nitrogens with zero attached hydrogens (tertiary/aromatic N) is 4. The Labute approximate surface area is 423 Å². The van der Waals surface area contributed by atoms with Crippen molar-refractivity contribution >= 4 is 57.1 Å². The van der Waals surface area contributed by atoms with Gasteiger partial charge in [0.25, 0.3) is 0 Å². The number of urea groups is 2. The zero-order valence-corrected chi connectivity index (χ0v) is 42.9. The van der Waals surface area contributed by atoms with Gasteiger partial charge in [-0.1, -0.05) is 82.5 Å². The van der Waals surface area contributed by atoms with Crippen LogP contribution in [0.15, 0.2) is 71.8 Å². The van der Waals surface area contributed by atoms with Crippen LogP contribution in [0.3, 0.4) is 0 Å². The zero-order chi connectivity index (χ0) is 50.3. The predicted molar refractivity (Wildman–Crippen MR) is 281 cm³/mol. The molecule has 4 unspecified atom stereocenters. The minimum Gasteiger partial charge on any atom is -0.352 e. The highest BCUT2D eigenvalue weighted by atomic mass is 16.2. The molecular formula is C58H74N10O4. The van der Waals surface area contributed by atoms with Crippen LogP contribution in [0.4, 0.5) is 9.59 Å². The summed E-state index contributed by atoms with van der Waals surface area (Å²) in [5.41, 5.74) is 22.3. The van der Waals surface area contributed by atoms with Gasteiger partial charge in [0.15, 0.2) is 0 Å². The third-order valence-electron chi connectivity index (χ3n) is 19.0. The molecule has 4 aromatic rings. The van der Waals surface area contributed by atoms with Crippen LogP contribution in [-0.4, -0.2) is 77.8 Å². The molecule has 2 aromatic carbocycles. The minimum atomic E-state index is -0.657. The smallest absolute Gasteiger partial charge is 0.312 e. The quantitative estimate of drug-likeness (QED) is 0.111. The number of carbonyl (C=O) groups excluding carboxylic acids is 4. The molecule has 72 heavy (non-hydrogen) atoms. The lowest BCUT2D eigenvalue weighted by molar-refractivity contribution is -0.148. The molecule has 7 aliphatic rings. The Kier molecular flexibility index (Phi) is 12.7. The van der Waals surface area contributed by atoms with Crippen molar-refractivity contribution in [3.05, 3.63) is 94.6 Å². The summed E-state index contributed by atoms with van der Waals surface area (Å²) >= 11 is 0. The number of hydrogen-bond acceptors (Lipinski definition) is 6. The summed E-state index contributed by atoms with van der Waals surface area (Å²) in [4.78, 5) is 74.4. The second kappa shape index (κ2) is 19.0. The summed E-state index contributed by atoms with van der Waals surface area (Å²) in [7, 11) is 0. The number of carbonyl (C=O) groups is 4. The Bertz CT molecular complexity index is 2940. The number of nitrogens with one attached hydrogen (secondary N) is 4. The van der Waals surface area contributed by atoms with E-state index < -0.39 is 24.1 Å². The fraction of sp³-hybridized carbons (Fsp3) is 0.552. The molecule has 11 rings (SSSR count). The highest BCUT2D eigenvalue weighted by Crippen LogP contribution is 2.55. The van der Waals surface area contributed by atoms with Gasteiger partial charge in [-0.15, -0.1) is 0 Å². The first-order chi connectivity index (χ1) is 34.7. The fourth-order valence-corrected chi connectivity index (χ4v) is 15.1. The first kappa shape index (κ1) is 48.1. The summed E-state index contributed by atoms with van der Waals surface area (Å²) in [6, 6.07) is 10.5. The number of nitrogens with two attached hydrogens (primary N) is 2. The third-order valence-corrected chi connectivity index (χ3v) is 19.0. The van der Waals surface area contributed by atoms with E-state index in [0.29, 0.717) is 35.5 Å². The van der Waals surface area contributed by atoms with Crippen molar-refractivity contribution in [3.63, 3.8) is 0 Å². The molecule has 6 amide bonds. The number of imidazole rings is 2. The van der Waals surface area contributed by atoms with Gasteiger partial charge in [-0.2, -0.15) is 0 Å². The van der Waals surface area contributed by atoms with E-state index in [0.717, 1.165) is 122 Å². The number of H-pyrrole nitrogens is 2. The van der Waals surface area contributed by atoms with Crippen molar-refractivity contribution in [1.82, 2.24) is 40.4 Å². The lowest BCUT2D eigenvalue weighted by Gasteiger charge is -2.49. The Morgan fingerprint density at radius 2 is 1.28 bits per heavy atom. The van der Waals surface area contributed by atoms with Crippen LogP contribution in [0, 0.1) is 47.3 Å². The Morgan fingerprint density at radius 1 is 0.722 bits per heavy atom. The summed E-state index contributed by atoms with van der Waals surface area (Å²) < 4.78 is 0. The molecule has 14 nitrogen and oxygen atoms in total. The number of benzene rings is 2. The number of piperidine rings is 2. The van der Waals surface area contributed by atoms with Gasteiger partial charge in [0.2, 0.25) is 11.8 Å². The largest absolute Gasteiger partial charge is 0.352 e. The van der Waals surface area contributed by atoms with Crippen LogP contribution in [0.25, 0.3) is 33.2 Å². The maximum atomic E-state index is 14.2. The normalized spacial score (nSPS) is 36.3. The van der Waals surface area contributed by atoms with E-state index >= 15 is 0 Å². The molecule has 3 aliphatic carbocycles. The van der Waals surface area contributed by atoms with Crippen molar-refractivity contribution in [2.24, 2.45) is 58.8 Å². The average Bonchev–Trinajstić information content (AvgIpc) is 4.17. The van der Waals surface area contributed by atoms with Gasteiger partial charge in [-0.05, 0) is 178 Å². The van der Waals surface area contributed by atoms with Gasteiger partial charge < -0.3 is 41.9 Å². The summed E-state index contributed by atoms with van der Waals surface area (Å²) in [6.07, 6.45) is 21.5. The highest BCUT2D eigenvalue weighted by Gasteiger charge is 2.59. The highest BCUT2D eigenvalue weighted by molar-refractivity contribution is 5.90. The molecule has 4 aliphatic heterocycles. The standard InChI is InChI=1S/C58H74N10O4/c1-7-34-17-19-35(31(4)36-20-22-43-45(25-36)63-53(61-43)47-27-38-10-8-12-40-32(5)49(65-57(59)71)55(69)67(47)51(38)40)18-15-29(2)14-16-30(3)42(24-34)37-21-23-44-46(26-37)64-54(62-44)48-28-39-11-9-13-41-33(6)50(66-58(60)72)56(70)68(48)52(39)41/h7,15,18,20-26,29-30,32-33,38-41,47-52H,8-14,16-17,19,27-28H2,1-6H3,(H,61,63)(H,62,64)(H3,59,65,71)(H3,60,66,72)/b18-15-,34-7-,35-31-,42-24+/t29-,30-,32?,33?,38+,39+,40?,41?,47+,48+,49+,50+,51-,52-/m1/s1. The molecule has 14 heteroatoms. The van der Waals surface area contributed by atoms with Crippen LogP contribution < -0.4 is 22.1 Å². The molecule has 2 saturated carbocycles. The second-order valence-electron chi connectivity index (χ2n) is 23.0. The van der Waals surface area contributed by atoms with E-state index in [4.69, 9.17) is 21.4 Å². The third kappa shape index (κ3) is 8.43. The molecule has 6 fully saturated rings. The molecule has 0 radical (unpaired) electrons. The van der Waals surface area contributed by atoms with Crippen LogP contribution in [-0.2, 0) is 9.59 Å². The lowest BCUT2D eigenvalue weighted by Crippen LogP contribution is -2.64. The maximum absolute atomic E-state index is 14.2. The van der Waals surface area contributed by atoms with Gasteiger partial charge in [0.1, 0.15) is 23.7 Å². The molecule has 6 heterocycles. The van der Waals surface area contributed by atoms with Crippen LogP contribution in [0.1, 0.15) is 153 Å². The average molecular weight is 975 g/mol. The number of aromatic amines is 2. The number of amides is 6. The number of allylic oxidation sites excluding steroid dienone is 8. The molecule has 0 spiro atoms. The fourth-order valence-electron chi connectivity index (χ4n) is 15.1. The Hall–Kier alpha value is -6.18. The summed E-state index contributed by atoms with van der Waals surface area (Å²) in [5.74, 6) is 3.76. The molecular weight excluding hydrogens is 901 g/mol. The van der Waals surface area contributed by atoms with Gasteiger partial charge in [0, 0.05) is 12.1 Å². The van der Waals surface area contributed by atoms with Gasteiger partial charge in [-0.3, -0.25) is 9.59 Å². The maximum Gasteiger partial charge on any atom is 0.312 e. The molecule has 0 bridgehead atoms. The number of aromatic nitrogens is 4. The van der Waals surface area contributed by atoms with E-state index in [9.17, 15) is 19.2 Å². The van der Waals surface area contributed by atoms with E-state index in [1.165, 1.54) is 22.3 Å². The summed E-state index contributed by atoms with van der Waals surface area (Å²) in [6.45, 7) is 13.2. The molecule has 2 aromatic heterocycles. The zero-order valence-electron chi connectivity index (χ0n) is 42.9. The number of primary amides is 2. The van der Waals surface area contributed by atoms with Crippen molar-refractivity contribution in [1.29, 1.82) is 0 Å². The first-order valence-electron chi connectivity index (χ1n) is 27.2. The predicted octanol–water partition coefficient (Wildman–Crippen LogP) is 10.1. The van der Waals surface area contributed by atoms with Gasteiger partial charge in [-0.25, -0.2) is 19.6 Å². The van der Waals surface area contributed by atoms with Gasteiger partial charge in [0.05, 0.1) is 34.2 Å². The molecule has 8 N–H and O–H groups in total. The van der Waals surface area contributed by atoms with Crippen molar-refractivity contribution in [2.45, 2.75) is 155 Å². The lowest BCUT2D eigenvalue weighted by atomic mass is 9.68.